The molecule has 0 fully saturated rings. The first-order chi connectivity index (χ1) is 7.58. The molecule has 6 heteroatoms. The smallest absolute Gasteiger partial charge is 0.255 e. The lowest BCUT2D eigenvalue weighted by atomic mass is 10.2. The molecule has 0 atom stereocenters. The minimum atomic E-state index is -2.36. The highest BCUT2D eigenvalue weighted by Gasteiger charge is 2.19. The third-order valence-electron chi connectivity index (χ3n) is 2.27. The van der Waals surface area contributed by atoms with Crippen LogP contribution in [0, 0.1) is 3.57 Å². The van der Waals surface area contributed by atoms with E-state index in [1.54, 1.807) is 19.2 Å². The molecule has 1 heterocycles. The minimum Gasteiger partial charge on any atom is -0.454 e. The van der Waals surface area contributed by atoms with Gasteiger partial charge in [0.15, 0.2) is 11.5 Å². The molecule has 0 amide bonds. The zero-order chi connectivity index (χ0) is 11.7. The van der Waals surface area contributed by atoms with Crippen molar-refractivity contribution in [2.45, 2.75) is 6.43 Å². The molecule has 16 heavy (non-hydrogen) atoms. The van der Waals surface area contributed by atoms with Crippen molar-refractivity contribution in [3.8, 4) is 11.5 Å². The van der Waals surface area contributed by atoms with Crippen LogP contribution in [0.1, 0.15) is 0 Å². The average molecular weight is 341 g/mol. The Bertz CT molecular complexity index is 401. The maximum atomic E-state index is 12.3. The van der Waals surface area contributed by atoms with Crippen molar-refractivity contribution in [1.82, 2.24) is 0 Å². The Labute approximate surface area is 105 Å². The van der Waals surface area contributed by atoms with Crippen molar-refractivity contribution >= 4 is 28.3 Å². The highest BCUT2D eigenvalue weighted by molar-refractivity contribution is 14.1. The Morgan fingerprint density at radius 2 is 2.00 bits per heavy atom. The predicted molar refractivity (Wildman–Crippen MR) is 64.6 cm³/mol. The van der Waals surface area contributed by atoms with Gasteiger partial charge in [-0.3, -0.25) is 0 Å². The van der Waals surface area contributed by atoms with Crippen LogP contribution in [-0.4, -0.2) is 26.8 Å². The molecule has 0 aliphatic carbocycles. The molecule has 1 aromatic rings. The van der Waals surface area contributed by atoms with E-state index in [9.17, 15) is 8.78 Å². The van der Waals surface area contributed by atoms with E-state index >= 15 is 0 Å². The number of alkyl halides is 2. The van der Waals surface area contributed by atoms with Crippen molar-refractivity contribution in [3.63, 3.8) is 0 Å². The Balaban J connectivity index is 2.27. The highest BCUT2D eigenvalue weighted by atomic mass is 127. The normalized spacial score (nSPS) is 13.3. The van der Waals surface area contributed by atoms with Crippen molar-refractivity contribution in [2.24, 2.45) is 0 Å². The van der Waals surface area contributed by atoms with E-state index in [4.69, 9.17) is 9.47 Å². The predicted octanol–water partition coefficient (Wildman–Crippen LogP) is 2.72. The lowest BCUT2D eigenvalue weighted by molar-refractivity contribution is 0.156. The minimum absolute atomic E-state index is 0.188. The molecule has 1 aliphatic heterocycles. The van der Waals surface area contributed by atoms with Crippen LogP contribution in [0.4, 0.5) is 14.5 Å². The summed E-state index contributed by atoms with van der Waals surface area (Å²) in [7, 11) is 1.63. The molecule has 0 spiro atoms. The topological polar surface area (TPSA) is 21.7 Å². The summed E-state index contributed by atoms with van der Waals surface area (Å²) in [6.07, 6.45) is -2.36. The molecule has 88 valence electrons. The first kappa shape index (κ1) is 11.7. The van der Waals surface area contributed by atoms with E-state index in [2.05, 4.69) is 22.6 Å². The lowest BCUT2D eigenvalue weighted by Gasteiger charge is -2.20. The molecule has 0 saturated carbocycles. The first-order valence-electron chi connectivity index (χ1n) is 4.66. The molecule has 1 aromatic carbocycles. The summed E-state index contributed by atoms with van der Waals surface area (Å²) in [6.45, 7) is -0.108. The molecule has 0 unspecified atom stereocenters. The Kier molecular flexibility index (Phi) is 3.36. The largest absolute Gasteiger partial charge is 0.454 e. The number of hydrogen-bond acceptors (Lipinski definition) is 3. The summed E-state index contributed by atoms with van der Waals surface area (Å²) in [6, 6.07) is 3.52. The van der Waals surface area contributed by atoms with Gasteiger partial charge < -0.3 is 14.4 Å². The van der Waals surface area contributed by atoms with Gasteiger partial charge in [0.05, 0.1) is 12.2 Å². The Morgan fingerprint density at radius 1 is 1.38 bits per heavy atom. The number of nitrogens with zero attached hydrogens (tertiary/aromatic N) is 1. The number of ether oxygens (including phenoxy) is 2. The number of hydrogen-bond donors (Lipinski definition) is 0. The molecule has 0 bridgehead atoms. The maximum Gasteiger partial charge on any atom is 0.255 e. The van der Waals surface area contributed by atoms with Crippen molar-refractivity contribution < 1.29 is 18.3 Å². The van der Waals surface area contributed by atoms with E-state index in [-0.39, 0.29) is 13.3 Å². The molecule has 2 rings (SSSR count). The molecule has 3 nitrogen and oxygen atoms in total. The third-order valence-corrected chi connectivity index (χ3v) is 3.13. The van der Waals surface area contributed by atoms with Crippen LogP contribution in [0.25, 0.3) is 0 Å². The van der Waals surface area contributed by atoms with Gasteiger partial charge in [-0.15, -0.1) is 0 Å². The van der Waals surface area contributed by atoms with E-state index in [1.807, 2.05) is 0 Å². The first-order valence-corrected chi connectivity index (χ1v) is 5.74. The van der Waals surface area contributed by atoms with Gasteiger partial charge in [0.2, 0.25) is 6.79 Å². The standard InChI is InChI=1S/C10H10F2INO2/c1-14(4-10(11)12)7-3-9-8(2-6(7)13)15-5-16-9/h2-3,10H,4-5H2,1H3. The summed E-state index contributed by atoms with van der Waals surface area (Å²) < 4.78 is 35.8. The summed E-state index contributed by atoms with van der Waals surface area (Å²) in [5.41, 5.74) is 0.727. The number of benzene rings is 1. The van der Waals surface area contributed by atoms with Gasteiger partial charge in [0.1, 0.15) is 0 Å². The number of anilines is 1. The van der Waals surface area contributed by atoms with Crippen molar-refractivity contribution in [1.29, 1.82) is 0 Å². The van der Waals surface area contributed by atoms with Gasteiger partial charge >= 0.3 is 0 Å². The number of rotatable bonds is 3. The van der Waals surface area contributed by atoms with Crippen LogP contribution in [0.5, 0.6) is 11.5 Å². The van der Waals surface area contributed by atoms with E-state index in [0.29, 0.717) is 11.5 Å². The zero-order valence-corrected chi connectivity index (χ0v) is 10.7. The fourth-order valence-corrected chi connectivity index (χ4v) is 2.35. The van der Waals surface area contributed by atoms with Gasteiger partial charge in [-0.2, -0.15) is 0 Å². The third kappa shape index (κ3) is 2.31. The van der Waals surface area contributed by atoms with Crippen molar-refractivity contribution in [2.75, 3.05) is 25.3 Å². The van der Waals surface area contributed by atoms with Crippen LogP contribution in [0.2, 0.25) is 0 Å². The second kappa shape index (κ2) is 4.60. The van der Waals surface area contributed by atoms with Crippen LogP contribution < -0.4 is 14.4 Å². The van der Waals surface area contributed by atoms with E-state index in [1.165, 1.54) is 4.90 Å². The van der Waals surface area contributed by atoms with Gasteiger partial charge in [0.25, 0.3) is 6.43 Å². The average Bonchev–Trinajstić information content (AvgIpc) is 2.61. The monoisotopic (exact) mass is 341 g/mol. The van der Waals surface area contributed by atoms with Gasteiger partial charge in [-0.1, -0.05) is 0 Å². The molecular formula is C10H10F2INO2. The summed E-state index contributed by atoms with van der Waals surface area (Å²) in [4.78, 5) is 1.51. The number of halogens is 3. The summed E-state index contributed by atoms with van der Waals surface area (Å²) >= 11 is 2.09. The van der Waals surface area contributed by atoms with Gasteiger partial charge in [-0.25, -0.2) is 8.78 Å². The lowest BCUT2D eigenvalue weighted by Crippen LogP contribution is -2.24. The van der Waals surface area contributed by atoms with E-state index < -0.39 is 6.43 Å². The Morgan fingerprint density at radius 3 is 2.62 bits per heavy atom. The zero-order valence-electron chi connectivity index (χ0n) is 8.54. The summed E-state index contributed by atoms with van der Waals surface area (Å²) in [5, 5.41) is 0. The van der Waals surface area contributed by atoms with E-state index in [0.717, 1.165) is 9.26 Å². The molecule has 0 radical (unpaired) electrons. The van der Waals surface area contributed by atoms with Crippen LogP contribution in [0.15, 0.2) is 12.1 Å². The van der Waals surface area contributed by atoms with Crippen LogP contribution in [-0.2, 0) is 0 Å². The Hall–Kier alpha value is -0.790. The van der Waals surface area contributed by atoms with Gasteiger partial charge in [-0.05, 0) is 28.7 Å². The number of fused-ring (bicyclic) bond motifs is 1. The van der Waals surface area contributed by atoms with Crippen LogP contribution >= 0.6 is 22.6 Å². The second-order valence-electron chi connectivity index (χ2n) is 3.43. The maximum absolute atomic E-state index is 12.3. The second-order valence-corrected chi connectivity index (χ2v) is 4.59. The van der Waals surface area contributed by atoms with Crippen LogP contribution in [0.3, 0.4) is 0 Å². The molecule has 0 aromatic heterocycles. The molecule has 0 N–H and O–H groups in total. The van der Waals surface area contributed by atoms with Crippen molar-refractivity contribution in [3.05, 3.63) is 15.7 Å². The molecule has 1 aliphatic rings. The highest BCUT2D eigenvalue weighted by Crippen LogP contribution is 2.38. The molecule has 0 saturated heterocycles. The quantitative estimate of drug-likeness (QED) is 0.790. The fraction of sp³-hybridized carbons (Fsp3) is 0.400. The fourth-order valence-electron chi connectivity index (χ4n) is 1.50. The SMILES string of the molecule is CN(CC(F)F)c1cc2c(cc1I)OCO2. The van der Waals surface area contributed by atoms with Gasteiger partial charge in [0, 0.05) is 16.7 Å². The molecular weight excluding hydrogens is 331 g/mol. The summed E-state index contributed by atoms with van der Waals surface area (Å²) in [5.74, 6) is 1.27.